The Hall–Kier alpha value is -1.06. The monoisotopic (exact) mass is 209 g/mol. The lowest BCUT2D eigenvalue weighted by atomic mass is 10.0. The molecule has 0 amide bonds. The lowest BCUT2D eigenvalue weighted by molar-refractivity contribution is 0.195. The molecule has 3 nitrogen and oxygen atoms in total. The van der Waals surface area contributed by atoms with E-state index in [2.05, 4.69) is 12.2 Å². The second-order valence-electron chi connectivity index (χ2n) is 3.47. The molecule has 0 radical (unpaired) electrons. The smallest absolute Gasteiger partial charge is 0.120 e. The number of hydrogen-bond donors (Lipinski definition) is 2. The van der Waals surface area contributed by atoms with Crippen molar-refractivity contribution in [2.45, 2.75) is 19.4 Å². The molecule has 0 saturated heterocycles. The summed E-state index contributed by atoms with van der Waals surface area (Å²) in [4.78, 5) is 0. The molecule has 1 atom stereocenters. The molecule has 0 bridgehead atoms. The van der Waals surface area contributed by atoms with Crippen LogP contribution in [-0.4, -0.2) is 25.4 Å². The van der Waals surface area contributed by atoms with Crippen molar-refractivity contribution in [3.8, 4) is 5.75 Å². The first kappa shape index (κ1) is 12.0. The Bertz CT molecular complexity index is 289. The van der Waals surface area contributed by atoms with Crippen molar-refractivity contribution < 1.29 is 9.84 Å². The van der Waals surface area contributed by atoms with Gasteiger partial charge in [-0.15, -0.1) is 0 Å². The fourth-order valence-electron chi connectivity index (χ4n) is 1.59. The summed E-state index contributed by atoms with van der Waals surface area (Å²) >= 11 is 0. The third-order valence-electron chi connectivity index (χ3n) is 2.42. The highest BCUT2D eigenvalue weighted by atomic mass is 16.5. The van der Waals surface area contributed by atoms with Gasteiger partial charge >= 0.3 is 0 Å². The SMILES string of the molecule is CC[C@H](NCCOC)c1ccccc1O. The Labute approximate surface area is 91.1 Å². The summed E-state index contributed by atoms with van der Waals surface area (Å²) in [5, 5.41) is 13.0. The van der Waals surface area contributed by atoms with E-state index < -0.39 is 0 Å². The Morgan fingerprint density at radius 1 is 1.40 bits per heavy atom. The third-order valence-corrected chi connectivity index (χ3v) is 2.42. The van der Waals surface area contributed by atoms with Gasteiger partial charge < -0.3 is 15.2 Å². The predicted molar refractivity (Wildman–Crippen MR) is 61.0 cm³/mol. The first-order valence-electron chi connectivity index (χ1n) is 5.29. The lowest BCUT2D eigenvalue weighted by Crippen LogP contribution is -2.24. The van der Waals surface area contributed by atoms with Gasteiger partial charge in [0.1, 0.15) is 5.75 Å². The van der Waals surface area contributed by atoms with Crippen LogP contribution in [0.4, 0.5) is 0 Å². The van der Waals surface area contributed by atoms with Crippen LogP contribution < -0.4 is 5.32 Å². The molecule has 1 aromatic rings. The van der Waals surface area contributed by atoms with Gasteiger partial charge in [0.2, 0.25) is 0 Å². The summed E-state index contributed by atoms with van der Waals surface area (Å²) in [6, 6.07) is 7.64. The van der Waals surface area contributed by atoms with Crippen LogP contribution in [0.25, 0.3) is 0 Å². The summed E-state index contributed by atoms with van der Waals surface area (Å²) in [5.74, 6) is 0.356. The van der Waals surface area contributed by atoms with Crippen molar-refractivity contribution in [1.82, 2.24) is 5.32 Å². The van der Waals surface area contributed by atoms with Gasteiger partial charge in [-0.05, 0) is 12.5 Å². The molecule has 2 N–H and O–H groups in total. The van der Waals surface area contributed by atoms with Crippen LogP contribution in [-0.2, 0) is 4.74 Å². The van der Waals surface area contributed by atoms with Gasteiger partial charge in [-0.1, -0.05) is 25.1 Å². The van der Waals surface area contributed by atoms with E-state index in [0.29, 0.717) is 12.4 Å². The molecule has 15 heavy (non-hydrogen) atoms. The zero-order chi connectivity index (χ0) is 11.1. The van der Waals surface area contributed by atoms with E-state index in [9.17, 15) is 5.11 Å². The molecule has 0 saturated carbocycles. The average molecular weight is 209 g/mol. The molecular weight excluding hydrogens is 190 g/mol. The average Bonchev–Trinajstić information content (AvgIpc) is 2.26. The van der Waals surface area contributed by atoms with Crippen molar-refractivity contribution in [1.29, 1.82) is 0 Å². The van der Waals surface area contributed by atoms with Crippen molar-refractivity contribution >= 4 is 0 Å². The van der Waals surface area contributed by atoms with Crippen LogP contribution in [0.15, 0.2) is 24.3 Å². The zero-order valence-electron chi connectivity index (χ0n) is 9.36. The number of benzene rings is 1. The number of methoxy groups -OCH3 is 1. The first-order chi connectivity index (χ1) is 7.29. The zero-order valence-corrected chi connectivity index (χ0v) is 9.36. The van der Waals surface area contributed by atoms with Crippen molar-refractivity contribution in [2.75, 3.05) is 20.3 Å². The summed E-state index contributed by atoms with van der Waals surface area (Å²) in [7, 11) is 1.68. The van der Waals surface area contributed by atoms with Crippen molar-refractivity contribution in [3.05, 3.63) is 29.8 Å². The summed E-state index contributed by atoms with van der Waals surface area (Å²) in [6.07, 6.45) is 0.946. The van der Waals surface area contributed by atoms with E-state index in [1.54, 1.807) is 13.2 Å². The van der Waals surface area contributed by atoms with Gasteiger partial charge in [0, 0.05) is 25.3 Å². The van der Waals surface area contributed by atoms with Gasteiger partial charge in [-0.2, -0.15) is 0 Å². The molecule has 0 aromatic heterocycles. The number of aromatic hydroxyl groups is 1. The van der Waals surface area contributed by atoms with E-state index in [1.165, 1.54) is 0 Å². The summed E-state index contributed by atoms with van der Waals surface area (Å²) in [5.41, 5.74) is 0.955. The highest BCUT2D eigenvalue weighted by molar-refractivity contribution is 5.34. The van der Waals surface area contributed by atoms with Gasteiger partial charge in [0.25, 0.3) is 0 Å². The molecule has 0 spiro atoms. The molecule has 1 rings (SSSR count). The Morgan fingerprint density at radius 3 is 2.73 bits per heavy atom. The minimum Gasteiger partial charge on any atom is -0.508 e. The number of phenolic OH excluding ortho intramolecular Hbond substituents is 1. The maximum Gasteiger partial charge on any atom is 0.120 e. The lowest BCUT2D eigenvalue weighted by Gasteiger charge is -2.18. The maximum absolute atomic E-state index is 9.70. The van der Waals surface area contributed by atoms with E-state index >= 15 is 0 Å². The number of ether oxygens (including phenoxy) is 1. The second kappa shape index (κ2) is 6.43. The molecule has 3 heteroatoms. The molecule has 0 aliphatic carbocycles. The molecule has 0 heterocycles. The van der Waals surface area contributed by atoms with Crippen LogP contribution >= 0.6 is 0 Å². The Balaban J connectivity index is 2.61. The minimum atomic E-state index is 0.196. The van der Waals surface area contributed by atoms with Crippen LogP contribution in [0, 0.1) is 0 Å². The van der Waals surface area contributed by atoms with Gasteiger partial charge in [-0.25, -0.2) is 0 Å². The normalized spacial score (nSPS) is 12.7. The molecular formula is C12H19NO2. The van der Waals surface area contributed by atoms with E-state index in [0.717, 1.165) is 18.5 Å². The fourth-order valence-corrected chi connectivity index (χ4v) is 1.59. The Kier molecular flexibility index (Phi) is 5.15. The number of rotatable bonds is 6. The van der Waals surface area contributed by atoms with E-state index in [-0.39, 0.29) is 6.04 Å². The number of phenols is 1. The largest absolute Gasteiger partial charge is 0.508 e. The van der Waals surface area contributed by atoms with Crippen LogP contribution in [0.1, 0.15) is 24.9 Å². The third kappa shape index (κ3) is 3.53. The van der Waals surface area contributed by atoms with Crippen LogP contribution in [0.5, 0.6) is 5.75 Å². The van der Waals surface area contributed by atoms with Crippen molar-refractivity contribution in [3.63, 3.8) is 0 Å². The maximum atomic E-state index is 9.70. The van der Waals surface area contributed by atoms with Gasteiger partial charge in [-0.3, -0.25) is 0 Å². The molecule has 84 valence electrons. The van der Waals surface area contributed by atoms with Crippen LogP contribution in [0.2, 0.25) is 0 Å². The topological polar surface area (TPSA) is 41.5 Å². The number of nitrogens with one attached hydrogen (secondary N) is 1. The second-order valence-corrected chi connectivity index (χ2v) is 3.47. The highest BCUT2D eigenvalue weighted by Crippen LogP contribution is 2.25. The first-order valence-corrected chi connectivity index (χ1v) is 5.29. The fraction of sp³-hybridized carbons (Fsp3) is 0.500. The molecule has 0 unspecified atom stereocenters. The minimum absolute atomic E-state index is 0.196. The molecule has 0 fully saturated rings. The highest BCUT2D eigenvalue weighted by Gasteiger charge is 2.11. The molecule has 1 aromatic carbocycles. The summed E-state index contributed by atoms with van der Waals surface area (Å²) in [6.45, 7) is 3.57. The number of para-hydroxylation sites is 1. The molecule has 0 aliphatic heterocycles. The van der Waals surface area contributed by atoms with Crippen molar-refractivity contribution in [2.24, 2.45) is 0 Å². The predicted octanol–water partition coefficient (Wildman–Crippen LogP) is 2.08. The van der Waals surface area contributed by atoms with Gasteiger partial charge in [0.05, 0.1) is 6.61 Å². The Morgan fingerprint density at radius 2 is 2.13 bits per heavy atom. The quantitative estimate of drug-likeness (QED) is 0.705. The van der Waals surface area contributed by atoms with E-state index in [1.807, 2.05) is 18.2 Å². The van der Waals surface area contributed by atoms with E-state index in [4.69, 9.17) is 4.74 Å². The summed E-state index contributed by atoms with van der Waals surface area (Å²) < 4.78 is 4.98. The van der Waals surface area contributed by atoms with Gasteiger partial charge in [0.15, 0.2) is 0 Å². The number of hydrogen-bond acceptors (Lipinski definition) is 3. The standard InChI is InChI=1S/C12H19NO2/c1-3-11(13-8-9-15-2)10-6-4-5-7-12(10)14/h4-7,11,13-14H,3,8-9H2,1-2H3/t11-/m0/s1. The van der Waals surface area contributed by atoms with Crippen LogP contribution in [0.3, 0.4) is 0 Å². The molecule has 0 aliphatic rings.